The van der Waals surface area contributed by atoms with Crippen LogP contribution in [-0.4, -0.2) is 25.0 Å². The Labute approximate surface area is 91.0 Å². The van der Waals surface area contributed by atoms with E-state index < -0.39 is 0 Å². The Morgan fingerprint density at radius 1 is 1.27 bits per heavy atom. The highest BCUT2D eigenvalue weighted by Gasteiger charge is 2.57. The van der Waals surface area contributed by atoms with E-state index in [9.17, 15) is 4.79 Å². The first-order valence-electron chi connectivity index (χ1n) is 6.31. The third-order valence-electron chi connectivity index (χ3n) is 4.56. The summed E-state index contributed by atoms with van der Waals surface area (Å²) in [6, 6.07) is 0.511. The van der Waals surface area contributed by atoms with Gasteiger partial charge >= 0.3 is 0 Å². The van der Waals surface area contributed by atoms with Gasteiger partial charge < -0.3 is 10.6 Å². The van der Waals surface area contributed by atoms with Crippen LogP contribution < -0.4 is 10.6 Å². The van der Waals surface area contributed by atoms with E-state index in [1.807, 2.05) is 0 Å². The van der Waals surface area contributed by atoms with E-state index in [0.29, 0.717) is 23.3 Å². The molecule has 3 rings (SSSR count). The molecule has 0 unspecified atom stereocenters. The second-order valence-electron chi connectivity index (χ2n) is 5.51. The molecule has 0 radical (unpaired) electrons. The molecular weight excluding hydrogens is 188 g/mol. The van der Waals surface area contributed by atoms with Crippen molar-refractivity contribution in [2.45, 2.75) is 44.6 Å². The van der Waals surface area contributed by atoms with Gasteiger partial charge in [-0.2, -0.15) is 0 Å². The fraction of sp³-hybridized carbons (Fsp3) is 0.917. The van der Waals surface area contributed by atoms with E-state index in [1.54, 1.807) is 0 Å². The summed E-state index contributed by atoms with van der Waals surface area (Å²) in [6.45, 7) is 2.21. The Morgan fingerprint density at radius 3 is 2.60 bits per heavy atom. The molecular formula is C12H20N2O. The largest absolute Gasteiger partial charge is 0.353 e. The second kappa shape index (κ2) is 3.48. The van der Waals surface area contributed by atoms with Crippen LogP contribution in [0.3, 0.4) is 0 Å². The van der Waals surface area contributed by atoms with Gasteiger partial charge in [0.05, 0.1) is 0 Å². The van der Waals surface area contributed by atoms with E-state index in [2.05, 4.69) is 10.6 Å². The van der Waals surface area contributed by atoms with Gasteiger partial charge in [0.1, 0.15) is 0 Å². The Morgan fingerprint density at radius 2 is 2.00 bits per heavy atom. The Kier molecular flexibility index (Phi) is 2.23. The molecule has 2 saturated carbocycles. The molecule has 0 aromatic heterocycles. The predicted octanol–water partition coefficient (Wildman–Crippen LogP) is 1.04. The molecule has 1 aliphatic heterocycles. The summed E-state index contributed by atoms with van der Waals surface area (Å²) >= 11 is 0. The van der Waals surface area contributed by atoms with Gasteiger partial charge in [0.25, 0.3) is 0 Å². The third kappa shape index (κ3) is 1.67. The SMILES string of the molecule is O=C(NC1CCC1)[C@@H]1CC12CCNCC2. The number of rotatable bonds is 2. The summed E-state index contributed by atoms with van der Waals surface area (Å²) in [5.41, 5.74) is 0.402. The van der Waals surface area contributed by atoms with Crippen LogP contribution in [0.1, 0.15) is 38.5 Å². The van der Waals surface area contributed by atoms with Crippen molar-refractivity contribution in [3.8, 4) is 0 Å². The number of carbonyl (C=O) groups excluding carboxylic acids is 1. The highest BCUT2D eigenvalue weighted by molar-refractivity contribution is 5.83. The lowest BCUT2D eigenvalue weighted by Crippen LogP contribution is -2.42. The van der Waals surface area contributed by atoms with Crippen LogP contribution in [0.4, 0.5) is 0 Å². The molecule has 1 amide bonds. The summed E-state index contributed by atoms with van der Waals surface area (Å²) in [5.74, 6) is 0.696. The quantitative estimate of drug-likeness (QED) is 0.712. The first-order chi connectivity index (χ1) is 7.30. The van der Waals surface area contributed by atoms with Gasteiger partial charge in [0.15, 0.2) is 0 Å². The molecule has 0 aromatic rings. The maximum absolute atomic E-state index is 12.0. The zero-order chi connectivity index (χ0) is 10.3. The number of piperidine rings is 1. The van der Waals surface area contributed by atoms with Gasteiger partial charge in [-0.3, -0.25) is 4.79 Å². The van der Waals surface area contributed by atoms with Gasteiger partial charge in [0, 0.05) is 12.0 Å². The van der Waals surface area contributed by atoms with Crippen molar-refractivity contribution < 1.29 is 4.79 Å². The number of nitrogens with one attached hydrogen (secondary N) is 2. The number of hydrogen-bond acceptors (Lipinski definition) is 2. The summed E-state index contributed by atoms with van der Waals surface area (Å²) in [4.78, 5) is 12.0. The minimum Gasteiger partial charge on any atom is -0.353 e. The van der Waals surface area contributed by atoms with Gasteiger partial charge in [-0.1, -0.05) is 0 Å². The van der Waals surface area contributed by atoms with Crippen molar-refractivity contribution in [2.24, 2.45) is 11.3 Å². The zero-order valence-electron chi connectivity index (χ0n) is 9.22. The predicted molar refractivity (Wildman–Crippen MR) is 58.4 cm³/mol. The maximum atomic E-state index is 12.0. The zero-order valence-corrected chi connectivity index (χ0v) is 9.22. The van der Waals surface area contributed by atoms with E-state index in [1.165, 1.54) is 32.1 Å². The van der Waals surface area contributed by atoms with E-state index in [0.717, 1.165) is 19.5 Å². The van der Waals surface area contributed by atoms with Crippen molar-refractivity contribution in [3.05, 3.63) is 0 Å². The molecule has 3 heteroatoms. The van der Waals surface area contributed by atoms with Crippen molar-refractivity contribution in [2.75, 3.05) is 13.1 Å². The molecule has 3 aliphatic rings. The standard InChI is InChI=1S/C12H20N2O/c15-11(14-9-2-1-3-9)10-8-12(10)4-6-13-7-5-12/h9-10,13H,1-8H2,(H,14,15)/t10-/m0/s1. The van der Waals surface area contributed by atoms with Crippen LogP contribution >= 0.6 is 0 Å². The maximum Gasteiger partial charge on any atom is 0.223 e. The van der Waals surface area contributed by atoms with Crippen LogP contribution in [0.5, 0.6) is 0 Å². The first kappa shape index (κ1) is 9.64. The molecule has 84 valence electrons. The van der Waals surface area contributed by atoms with Crippen LogP contribution in [0.25, 0.3) is 0 Å². The van der Waals surface area contributed by atoms with Crippen LogP contribution in [0.2, 0.25) is 0 Å². The van der Waals surface area contributed by atoms with E-state index in [4.69, 9.17) is 0 Å². The lowest BCUT2D eigenvalue weighted by Gasteiger charge is -2.28. The molecule has 3 nitrogen and oxygen atoms in total. The van der Waals surface area contributed by atoms with Crippen LogP contribution in [-0.2, 0) is 4.79 Å². The van der Waals surface area contributed by atoms with Gasteiger partial charge in [-0.05, 0) is 57.0 Å². The molecule has 1 heterocycles. The van der Waals surface area contributed by atoms with Crippen molar-refractivity contribution in [3.63, 3.8) is 0 Å². The van der Waals surface area contributed by atoms with Gasteiger partial charge in [-0.25, -0.2) is 0 Å². The molecule has 1 atom stereocenters. The van der Waals surface area contributed by atoms with Crippen LogP contribution in [0.15, 0.2) is 0 Å². The fourth-order valence-corrected chi connectivity index (χ4v) is 3.05. The summed E-state index contributed by atoms with van der Waals surface area (Å²) in [7, 11) is 0. The average Bonchev–Trinajstić information content (AvgIpc) is 2.87. The molecule has 0 aromatic carbocycles. The first-order valence-corrected chi connectivity index (χ1v) is 6.31. The van der Waals surface area contributed by atoms with E-state index >= 15 is 0 Å². The fourth-order valence-electron chi connectivity index (χ4n) is 3.05. The van der Waals surface area contributed by atoms with Crippen molar-refractivity contribution >= 4 is 5.91 Å². The minimum absolute atomic E-state index is 0.347. The highest BCUT2D eigenvalue weighted by atomic mass is 16.2. The molecule has 0 bridgehead atoms. The molecule has 2 N–H and O–H groups in total. The highest BCUT2D eigenvalue weighted by Crippen LogP contribution is 2.58. The monoisotopic (exact) mass is 208 g/mol. The number of hydrogen-bond donors (Lipinski definition) is 2. The van der Waals surface area contributed by atoms with E-state index in [-0.39, 0.29) is 0 Å². The molecule has 2 aliphatic carbocycles. The third-order valence-corrected chi connectivity index (χ3v) is 4.56. The van der Waals surface area contributed by atoms with Crippen LogP contribution in [0, 0.1) is 11.3 Å². The molecule has 1 saturated heterocycles. The van der Waals surface area contributed by atoms with Gasteiger partial charge in [-0.15, -0.1) is 0 Å². The smallest absolute Gasteiger partial charge is 0.223 e. The summed E-state index contributed by atoms with van der Waals surface area (Å²) < 4.78 is 0. The summed E-state index contributed by atoms with van der Waals surface area (Å²) in [6.07, 6.45) is 7.25. The lowest BCUT2D eigenvalue weighted by atomic mass is 9.90. The lowest BCUT2D eigenvalue weighted by molar-refractivity contribution is -0.124. The molecule has 15 heavy (non-hydrogen) atoms. The average molecular weight is 208 g/mol. The van der Waals surface area contributed by atoms with Gasteiger partial charge in [0.2, 0.25) is 5.91 Å². The summed E-state index contributed by atoms with van der Waals surface area (Å²) in [5, 5.41) is 6.56. The second-order valence-corrected chi connectivity index (χ2v) is 5.51. The van der Waals surface area contributed by atoms with Crippen molar-refractivity contribution in [1.29, 1.82) is 0 Å². The number of amides is 1. The molecule has 3 fully saturated rings. The Balaban J connectivity index is 1.53. The Bertz CT molecular complexity index is 267. The van der Waals surface area contributed by atoms with Crippen molar-refractivity contribution in [1.82, 2.24) is 10.6 Å². The normalized spacial score (nSPS) is 33.5. The number of carbonyl (C=O) groups is 1. The topological polar surface area (TPSA) is 41.1 Å². The minimum atomic E-state index is 0.347. The Hall–Kier alpha value is -0.570. The molecule has 1 spiro atoms.